The zero-order valence-electron chi connectivity index (χ0n) is 13.2. The van der Waals surface area contributed by atoms with Crippen molar-refractivity contribution in [2.75, 3.05) is 53.0 Å². The molecule has 0 bridgehead atoms. The molecule has 0 radical (unpaired) electrons. The van der Waals surface area contributed by atoms with Crippen molar-refractivity contribution < 1.29 is 9.53 Å². The van der Waals surface area contributed by atoms with E-state index in [2.05, 4.69) is 23.6 Å². The molecule has 20 heavy (non-hydrogen) atoms. The SMILES string of the molecule is COCCN1CCN([C@@H](C)C(=O)N2CCCC2)C[C@@H]1C. The lowest BCUT2D eigenvalue weighted by Gasteiger charge is -2.42. The van der Waals surface area contributed by atoms with Gasteiger partial charge in [0.1, 0.15) is 0 Å². The van der Waals surface area contributed by atoms with E-state index in [1.807, 2.05) is 4.90 Å². The third-order valence-electron chi connectivity index (χ3n) is 4.70. The number of amides is 1. The number of hydrogen-bond acceptors (Lipinski definition) is 4. The smallest absolute Gasteiger partial charge is 0.239 e. The summed E-state index contributed by atoms with van der Waals surface area (Å²) in [6, 6.07) is 0.521. The maximum Gasteiger partial charge on any atom is 0.239 e. The van der Waals surface area contributed by atoms with Crippen molar-refractivity contribution in [1.29, 1.82) is 0 Å². The molecule has 0 unspecified atom stereocenters. The first-order valence-corrected chi connectivity index (χ1v) is 7.89. The van der Waals surface area contributed by atoms with Crippen LogP contribution in [0.2, 0.25) is 0 Å². The fourth-order valence-electron chi connectivity index (χ4n) is 3.27. The highest BCUT2D eigenvalue weighted by atomic mass is 16.5. The molecule has 2 atom stereocenters. The topological polar surface area (TPSA) is 36.0 Å². The first kappa shape index (κ1) is 15.7. The molecule has 2 saturated heterocycles. The van der Waals surface area contributed by atoms with Crippen LogP contribution in [0.25, 0.3) is 0 Å². The zero-order valence-corrected chi connectivity index (χ0v) is 13.2. The number of carbonyl (C=O) groups excluding carboxylic acids is 1. The van der Waals surface area contributed by atoms with E-state index in [4.69, 9.17) is 4.74 Å². The minimum absolute atomic E-state index is 0.0279. The number of methoxy groups -OCH3 is 1. The fourth-order valence-corrected chi connectivity index (χ4v) is 3.27. The number of rotatable bonds is 5. The van der Waals surface area contributed by atoms with E-state index in [0.717, 1.165) is 45.9 Å². The predicted octanol–water partition coefficient (Wildman–Crippen LogP) is 0.650. The molecule has 0 aliphatic carbocycles. The van der Waals surface area contributed by atoms with Crippen LogP contribution < -0.4 is 0 Å². The largest absolute Gasteiger partial charge is 0.383 e. The minimum Gasteiger partial charge on any atom is -0.383 e. The van der Waals surface area contributed by atoms with Crippen LogP contribution >= 0.6 is 0 Å². The summed E-state index contributed by atoms with van der Waals surface area (Å²) in [6.45, 7) is 11.0. The molecule has 5 heteroatoms. The maximum atomic E-state index is 12.5. The van der Waals surface area contributed by atoms with Crippen LogP contribution in [0.3, 0.4) is 0 Å². The summed E-state index contributed by atoms with van der Waals surface area (Å²) in [7, 11) is 1.75. The Morgan fingerprint density at radius 2 is 1.95 bits per heavy atom. The van der Waals surface area contributed by atoms with Crippen LogP contribution in [-0.2, 0) is 9.53 Å². The molecule has 0 spiro atoms. The number of likely N-dealkylation sites (tertiary alicyclic amines) is 1. The maximum absolute atomic E-state index is 12.5. The second kappa shape index (κ2) is 7.38. The first-order valence-electron chi connectivity index (χ1n) is 7.89. The highest BCUT2D eigenvalue weighted by Crippen LogP contribution is 2.16. The highest BCUT2D eigenvalue weighted by Gasteiger charge is 2.32. The lowest BCUT2D eigenvalue weighted by atomic mass is 10.1. The van der Waals surface area contributed by atoms with Crippen molar-refractivity contribution in [1.82, 2.24) is 14.7 Å². The average Bonchev–Trinajstić information content (AvgIpc) is 2.98. The van der Waals surface area contributed by atoms with Crippen molar-refractivity contribution in [2.45, 2.75) is 38.8 Å². The molecule has 2 fully saturated rings. The number of piperazine rings is 1. The Morgan fingerprint density at radius 3 is 2.55 bits per heavy atom. The van der Waals surface area contributed by atoms with Gasteiger partial charge >= 0.3 is 0 Å². The number of nitrogens with zero attached hydrogens (tertiary/aromatic N) is 3. The highest BCUT2D eigenvalue weighted by molar-refractivity contribution is 5.81. The molecule has 0 N–H and O–H groups in total. The van der Waals surface area contributed by atoms with E-state index in [0.29, 0.717) is 11.9 Å². The van der Waals surface area contributed by atoms with Crippen LogP contribution in [0.4, 0.5) is 0 Å². The minimum atomic E-state index is 0.0279. The summed E-state index contributed by atoms with van der Waals surface area (Å²) >= 11 is 0. The van der Waals surface area contributed by atoms with Crippen LogP contribution in [0.5, 0.6) is 0 Å². The van der Waals surface area contributed by atoms with Gasteiger partial charge in [-0.15, -0.1) is 0 Å². The molecule has 0 aromatic heterocycles. The van der Waals surface area contributed by atoms with E-state index in [-0.39, 0.29) is 6.04 Å². The second-order valence-electron chi connectivity index (χ2n) is 6.08. The summed E-state index contributed by atoms with van der Waals surface area (Å²) in [5.74, 6) is 0.319. The molecule has 0 saturated carbocycles. The Labute approximate surface area is 122 Å². The molecule has 2 aliphatic heterocycles. The van der Waals surface area contributed by atoms with Gasteiger partial charge in [0.05, 0.1) is 12.6 Å². The van der Waals surface area contributed by atoms with E-state index in [1.54, 1.807) is 7.11 Å². The number of carbonyl (C=O) groups is 1. The molecule has 2 aliphatic rings. The Bertz CT molecular complexity index is 318. The van der Waals surface area contributed by atoms with Crippen LogP contribution in [0, 0.1) is 0 Å². The quantitative estimate of drug-likeness (QED) is 0.742. The van der Waals surface area contributed by atoms with Gasteiger partial charge < -0.3 is 9.64 Å². The third-order valence-corrected chi connectivity index (χ3v) is 4.70. The molecule has 0 aromatic carbocycles. The van der Waals surface area contributed by atoms with Crippen LogP contribution in [-0.4, -0.2) is 85.7 Å². The van der Waals surface area contributed by atoms with Gasteiger partial charge in [-0.1, -0.05) is 0 Å². The normalized spacial score (nSPS) is 26.9. The molecule has 5 nitrogen and oxygen atoms in total. The predicted molar refractivity (Wildman–Crippen MR) is 79.8 cm³/mol. The lowest BCUT2D eigenvalue weighted by molar-refractivity contribution is -0.136. The van der Waals surface area contributed by atoms with Gasteiger partial charge in [-0.25, -0.2) is 0 Å². The van der Waals surface area contributed by atoms with E-state index < -0.39 is 0 Å². The van der Waals surface area contributed by atoms with Crippen LogP contribution in [0.15, 0.2) is 0 Å². The summed E-state index contributed by atoms with van der Waals surface area (Å²) in [5, 5.41) is 0. The van der Waals surface area contributed by atoms with E-state index in [9.17, 15) is 4.79 Å². The Morgan fingerprint density at radius 1 is 1.25 bits per heavy atom. The van der Waals surface area contributed by atoms with Gasteiger partial charge in [-0.05, 0) is 26.7 Å². The molecule has 116 valence electrons. The van der Waals surface area contributed by atoms with Crippen LogP contribution in [0.1, 0.15) is 26.7 Å². The van der Waals surface area contributed by atoms with Gasteiger partial charge in [0, 0.05) is 52.4 Å². The van der Waals surface area contributed by atoms with Crippen molar-refractivity contribution in [3.8, 4) is 0 Å². The molecule has 2 rings (SSSR count). The standard InChI is InChI=1S/C15H29N3O2/c1-13-12-18(9-8-16(13)10-11-20-3)14(2)15(19)17-6-4-5-7-17/h13-14H,4-12H2,1-3H3/t13-,14-/m0/s1. The van der Waals surface area contributed by atoms with Gasteiger partial charge in [0.2, 0.25) is 5.91 Å². The average molecular weight is 283 g/mol. The third kappa shape index (κ3) is 3.71. The first-order chi connectivity index (χ1) is 9.63. The second-order valence-corrected chi connectivity index (χ2v) is 6.08. The number of ether oxygens (including phenoxy) is 1. The molecule has 0 aromatic rings. The molecule has 1 amide bonds. The van der Waals surface area contributed by atoms with Gasteiger partial charge in [0.15, 0.2) is 0 Å². The van der Waals surface area contributed by atoms with Crippen molar-refractivity contribution in [2.24, 2.45) is 0 Å². The molecule has 2 heterocycles. The summed E-state index contributed by atoms with van der Waals surface area (Å²) in [4.78, 5) is 19.3. The summed E-state index contributed by atoms with van der Waals surface area (Å²) < 4.78 is 5.16. The lowest BCUT2D eigenvalue weighted by Crippen LogP contribution is -2.57. The molecular weight excluding hydrogens is 254 g/mol. The summed E-state index contributed by atoms with van der Waals surface area (Å²) in [6.07, 6.45) is 2.33. The fraction of sp³-hybridized carbons (Fsp3) is 0.933. The molecular formula is C15H29N3O2. The van der Waals surface area contributed by atoms with Crippen molar-refractivity contribution in [3.05, 3.63) is 0 Å². The van der Waals surface area contributed by atoms with Gasteiger partial charge in [-0.2, -0.15) is 0 Å². The van der Waals surface area contributed by atoms with Gasteiger partial charge in [0.25, 0.3) is 0 Å². The van der Waals surface area contributed by atoms with Crippen molar-refractivity contribution in [3.63, 3.8) is 0 Å². The zero-order chi connectivity index (χ0) is 14.5. The van der Waals surface area contributed by atoms with Gasteiger partial charge in [-0.3, -0.25) is 14.6 Å². The number of hydrogen-bond donors (Lipinski definition) is 0. The monoisotopic (exact) mass is 283 g/mol. The Hall–Kier alpha value is -0.650. The van der Waals surface area contributed by atoms with E-state index in [1.165, 1.54) is 12.8 Å². The summed E-state index contributed by atoms with van der Waals surface area (Å²) in [5.41, 5.74) is 0. The Balaban J connectivity index is 1.83. The van der Waals surface area contributed by atoms with E-state index >= 15 is 0 Å². The van der Waals surface area contributed by atoms with Crippen molar-refractivity contribution >= 4 is 5.91 Å². The Kier molecular flexibility index (Phi) is 5.81.